The molecule has 1 aliphatic rings. The number of aromatic nitrogens is 3. The molecule has 0 bridgehead atoms. The third kappa shape index (κ3) is 8.47. The van der Waals surface area contributed by atoms with Gasteiger partial charge in [-0.1, -0.05) is 12.1 Å². The maximum absolute atomic E-state index is 15.9. The van der Waals surface area contributed by atoms with E-state index >= 15 is 4.39 Å². The van der Waals surface area contributed by atoms with Crippen LogP contribution in [0, 0.1) is 5.82 Å². The maximum atomic E-state index is 15.9. The van der Waals surface area contributed by atoms with Crippen molar-refractivity contribution in [1.82, 2.24) is 15.0 Å². The number of carbonyl (C=O) groups excluding carboxylic acids is 2. The van der Waals surface area contributed by atoms with Gasteiger partial charge in [-0.2, -0.15) is 13.2 Å². The van der Waals surface area contributed by atoms with E-state index in [-0.39, 0.29) is 45.8 Å². The molecule has 2 aromatic heterocycles. The molecule has 4 aromatic rings. The summed E-state index contributed by atoms with van der Waals surface area (Å²) in [4.78, 5) is 38.6. The number of pyridine rings is 1. The first-order chi connectivity index (χ1) is 23.3. The predicted molar refractivity (Wildman–Crippen MR) is 166 cm³/mol. The molecule has 1 saturated heterocycles. The quantitative estimate of drug-likeness (QED) is 0.130. The van der Waals surface area contributed by atoms with E-state index in [2.05, 4.69) is 19.4 Å². The van der Waals surface area contributed by atoms with Crippen molar-refractivity contribution < 1.29 is 54.2 Å². The molecule has 1 aliphatic heterocycles. The summed E-state index contributed by atoms with van der Waals surface area (Å²) in [6.07, 6.45) is -4.34. The van der Waals surface area contributed by atoms with Crippen LogP contribution in [0.2, 0.25) is 0 Å². The highest BCUT2D eigenvalue weighted by Crippen LogP contribution is 2.39. The van der Waals surface area contributed by atoms with Crippen LogP contribution >= 0.6 is 0 Å². The van der Waals surface area contributed by atoms with Gasteiger partial charge >= 0.3 is 18.1 Å². The SMILES string of the molecule is Nc1ccc(-c2nc(N3CCOCC3)c3cc(-c4cccc(NS(=O)(=O)CCCF)c4F)cc(OCC(=O)OC(=O)C(F)(F)F)c3n2)cn1. The van der Waals surface area contributed by atoms with Gasteiger partial charge < -0.3 is 24.8 Å². The van der Waals surface area contributed by atoms with E-state index in [1.54, 1.807) is 6.07 Å². The van der Waals surface area contributed by atoms with Gasteiger partial charge in [0.25, 0.3) is 0 Å². The minimum atomic E-state index is -5.44. The molecule has 3 heterocycles. The van der Waals surface area contributed by atoms with E-state index < -0.39 is 58.7 Å². The summed E-state index contributed by atoms with van der Waals surface area (Å²) in [6.45, 7) is -0.708. The van der Waals surface area contributed by atoms with E-state index in [9.17, 15) is 35.6 Å². The highest BCUT2D eigenvalue weighted by atomic mass is 32.2. The zero-order valence-corrected chi connectivity index (χ0v) is 26.1. The molecule has 0 unspecified atom stereocenters. The summed E-state index contributed by atoms with van der Waals surface area (Å²) >= 11 is 0. The molecule has 1 fully saturated rings. The average molecular weight is 711 g/mol. The molecule has 0 aliphatic carbocycles. The molecule has 0 atom stereocenters. The molecule has 0 saturated carbocycles. The van der Waals surface area contributed by atoms with Crippen LogP contribution in [-0.2, 0) is 29.1 Å². The highest BCUT2D eigenvalue weighted by molar-refractivity contribution is 7.92. The van der Waals surface area contributed by atoms with Gasteiger partial charge in [-0.15, -0.1) is 0 Å². The topological polar surface area (TPSA) is 176 Å². The molecule has 3 N–H and O–H groups in total. The van der Waals surface area contributed by atoms with Crippen molar-refractivity contribution in [2.45, 2.75) is 12.6 Å². The fourth-order valence-electron chi connectivity index (χ4n) is 4.76. The first kappa shape index (κ1) is 35.1. The molecule has 13 nitrogen and oxygen atoms in total. The monoisotopic (exact) mass is 710 g/mol. The van der Waals surface area contributed by atoms with Gasteiger partial charge in [-0.3, -0.25) is 9.11 Å². The summed E-state index contributed by atoms with van der Waals surface area (Å²) in [7, 11) is -4.12. The molecule has 5 rings (SSSR count). The third-order valence-corrected chi connectivity index (χ3v) is 8.36. The zero-order valence-electron chi connectivity index (χ0n) is 25.3. The Balaban J connectivity index is 1.67. The van der Waals surface area contributed by atoms with Gasteiger partial charge in [-0.25, -0.2) is 37.3 Å². The number of morpholine rings is 1. The normalized spacial score (nSPS) is 13.7. The number of halogens is 5. The molecule has 49 heavy (non-hydrogen) atoms. The van der Waals surface area contributed by atoms with E-state index in [1.165, 1.54) is 36.5 Å². The van der Waals surface area contributed by atoms with Crippen molar-refractivity contribution in [3.63, 3.8) is 0 Å². The highest BCUT2D eigenvalue weighted by Gasteiger charge is 2.42. The largest absolute Gasteiger partial charge is 0.491 e. The molecular formula is C30H27F5N6O7S. The maximum Gasteiger partial charge on any atom is 0.491 e. The Bertz CT molecular complexity index is 1980. The second kappa shape index (κ2) is 14.5. The number of hydrogen-bond acceptors (Lipinski definition) is 12. The number of rotatable bonds is 11. The molecule has 19 heteroatoms. The van der Waals surface area contributed by atoms with Crippen LogP contribution in [0.1, 0.15) is 6.42 Å². The molecule has 2 aromatic carbocycles. The van der Waals surface area contributed by atoms with Crippen molar-refractivity contribution in [1.29, 1.82) is 0 Å². The van der Waals surface area contributed by atoms with Crippen LogP contribution in [0.15, 0.2) is 48.7 Å². The van der Waals surface area contributed by atoms with E-state index in [1.807, 2.05) is 4.90 Å². The van der Waals surface area contributed by atoms with Crippen molar-refractivity contribution in [3.05, 3.63) is 54.5 Å². The summed E-state index contributed by atoms with van der Waals surface area (Å²) in [5.41, 5.74) is 5.63. The van der Waals surface area contributed by atoms with Gasteiger partial charge in [-0.05, 0) is 42.3 Å². The van der Waals surface area contributed by atoms with Gasteiger partial charge in [0, 0.05) is 35.8 Å². The van der Waals surface area contributed by atoms with E-state index in [0.29, 0.717) is 37.7 Å². The minimum Gasteiger partial charge on any atom is -0.480 e. The van der Waals surface area contributed by atoms with Crippen LogP contribution in [0.25, 0.3) is 33.4 Å². The van der Waals surface area contributed by atoms with Crippen LogP contribution < -0.4 is 20.1 Å². The molecular weight excluding hydrogens is 683 g/mol. The lowest BCUT2D eigenvalue weighted by atomic mass is 10.0. The number of benzene rings is 2. The Morgan fingerprint density at radius 1 is 1.06 bits per heavy atom. The average Bonchev–Trinajstić information content (AvgIpc) is 3.07. The number of sulfonamides is 1. The Morgan fingerprint density at radius 3 is 2.49 bits per heavy atom. The number of fused-ring (bicyclic) bond motifs is 1. The number of esters is 2. The van der Waals surface area contributed by atoms with Crippen molar-refractivity contribution >= 4 is 50.2 Å². The van der Waals surface area contributed by atoms with Crippen LogP contribution in [0.4, 0.5) is 39.3 Å². The number of nitrogen functional groups attached to an aromatic ring is 1. The first-order valence-electron chi connectivity index (χ1n) is 14.5. The Hall–Kier alpha value is -5.17. The Kier molecular flexibility index (Phi) is 10.4. The fraction of sp³-hybridized carbons (Fsp3) is 0.300. The number of anilines is 3. The summed E-state index contributed by atoms with van der Waals surface area (Å²) < 4.78 is 108. The van der Waals surface area contributed by atoms with Gasteiger partial charge in [0.2, 0.25) is 10.0 Å². The molecule has 0 spiro atoms. The lowest BCUT2D eigenvalue weighted by molar-refractivity contribution is -0.202. The minimum absolute atomic E-state index is 0.0329. The van der Waals surface area contributed by atoms with Gasteiger partial charge in [0.1, 0.15) is 22.9 Å². The number of nitrogens with zero attached hydrogens (tertiary/aromatic N) is 4. The number of carbonyl (C=O) groups is 2. The first-order valence-corrected chi connectivity index (χ1v) is 16.1. The van der Waals surface area contributed by atoms with Crippen LogP contribution in [0.3, 0.4) is 0 Å². The second-order valence-corrected chi connectivity index (χ2v) is 12.3. The van der Waals surface area contributed by atoms with E-state index in [0.717, 1.165) is 6.07 Å². The zero-order chi connectivity index (χ0) is 35.3. The Labute approximate surface area is 275 Å². The third-order valence-electron chi connectivity index (χ3n) is 7.01. The van der Waals surface area contributed by atoms with Gasteiger partial charge in [0.15, 0.2) is 18.2 Å². The standard InChI is InChI=1S/C30H27F5N6O7S/c31-7-2-12-49(44,45)40-21-4-1-3-19(25(21)32)18-13-20-26(22(14-18)47-16-24(42)48-29(43)30(33,34)35)38-27(17-5-6-23(36)37-15-17)39-28(20)41-8-10-46-11-9-41/h1,3-6,13-15,40H,2,7-12,16H2,(H2,36,37). The van der Waals surface area contributed by atoms with Crippen molar-refractivity contribution in [2.75, 3.05) is 60.7 Å². The summed E-state index contributed by atoms with van der Waals surface area (Å²) in [6, 6.07) is 9.65. The smallest absolute Gasteiger partial charge is 0.480 e. The van der Waals surface area contributed by atoms with Gasteiger partial charge in [0.05, 0.1) is 31.3 Å². The number of hydrogen-bond donors (Lipinski definition) is 2. The predicted octanol–water partition coefficient (Wildman–Crippen LogP) is 4.03. The number of nitrogens with one attached hydrogen (secondary N) is 1. The lowest BCUT2D eigenvalue weighted by Crippen LogP contribution is -2.37. The van der Waals surface area contributed by atoms with Crippen molar-refractivity contribution in [3.8, 4) is 28.3 Å². The fourth-order valence-corrected chi connectivity index (χ4v) is 5.84. The summed E-state index contributed by atoms with van der Waals surface area (Å²) in [5.74, 6) is -5.66. The Morgan fingerprint density at radius 2 is 1.82 bits per heavy atom. The molecule has 0 radical (unpaired) electrons. The van der Waals surface area contributed by atoms with Crippen LogP contribution in [0.5, 0.6) is 5.75 Å². The molecule has 0 amide bonds. The van der Waals surface area contributed by atoms with Crippen LogP contribution in [-0.4, -0.2) is 86.8 Å². The lowest BCUT2D eigenvalue weighted by Gasteiger charge is -2.29. The number of nitrogens with two attached hydrogens (primary N) is 1. The summed E-state index contributed by atoms with van der Waals surface area (Å²) in [5, 5.41) is 0.245. The number of ether oxygens (including phenoxy) is 3. The molecule has 260 valence electrons. The van der Waals surface area contributed by atoms with Crippen molar-refractivity contribution in [2.24, 2.45) is 0 Å². The second-order valence-electron chi connectivity index (χ2n) is 10.5. The number of alkyl halides is 4. The van der Waals surface area contributed by atoms with E-state index in [4.69, 9.17) is 20.2 Å².